The zero-order chi connectivity index (χ0) is 94.0. The van der Waals surface area contributed by atoms with E-state index in [-0.39, 0.29) is 0 Å². The van der Waals surface area contributed by atoms with Gasteiger partial charge in [-0.15, -0.1) is 23.5 Å². The smallest absolute Gasteiger partial charge is 0.212 e. The summed E-state index contributed by atoms with van der Waals surface area (Å²) in [4.78, 5) is 36.3. The minimum atomic E-state index is 0.500. The van der Waals surface area contributed by atoms with Gasteiger partial charge < -0.3 is 49.4 Å². The Morgan fingerprint density at radius 1 is 0.292 bits per heavy atom. The second-order valence-corrected chi connectivity index (χ2v) is 15.5. The molecule has 12 rings (SSSR count). The van der Waals surface area contributed by atoms with Crippen LogP contribution < -0.4 is 21.5 Å². The highest BCUT2D eigenvalue weighted by atomic mass is 32.2. The molecular weight excluding hydrogens is 1470 g/mol. The molecule has 0 amide bonds. The molecule has 12 aliphatic heterocycles. The highest BCUT2D eigenvalue weighted by Crippen LogP contribution is 2.07. The number of rotatable bonds is 0. The third-order valence-electron chi connectivity index (χ3n) is 7.21. The van der Waals surface area contributed by atoms with Crippen LogP contribution in [0.3, 0.4) is 0 Å². The first kappa shape index (κ1) is 176. The number of thioether (sulfide) groups is 2. The summed E-state index contributed by atoms with van der Waals surface area (Å²) in [7, 11) is 0. The minimum absolute atomic E-state index is 0.500. The van der Waals surface area contributed by atoms with Crippen LogP contribution in [0.25, 0.3) is 0 Å². The fourth-order valence-electron chi connectivity index (χ4n) is 4.08. The van der Waals surface area contributed by atoms with Crippen LogP contribution in [0.4, 0.5) is 0 Å². The maximum atomic E-state index is 4.85. The summed E-state index contributed by atoms with van der Waals surface area (Å²) in [6.07, 6.45) is 26.6. The maximum Gasteiger partial charge on any atom is 0.212 e. The quantitative estimate of drug-likeness (QED) is 0.165. The van der Waals surface area contributed by atoms with E-state index in [2.05, 4.69) is 90.3 Å². The molecule has 0 spiro atoms. The largest absolute Gasteiger partial charge is 0.483 e. The van der Waals surface area contributed by atoms with Crippen molar-refractivity contribution < 1.29 is 33.4 Å². The number of ether oxygens (including phenoxy) is 5. The van der Waals surface area contributed by atoms with Gasteiger partial charge in [-0.05, 0) is 56.7 Å². The third kappa shape index (κ3) is 326. The Hall–Kier alpha value is -4.23. The summed E-state index contributed by atoms with van der Waals surface area (Å²) in [5.74, 6) is 3.66. The van der Waals surface area contributed by atoms with Crippen molar-refractivity contribution in [2.24, 2.45) is 49.7 Å². The molecule has 0 aromatic carbocycles. The number of hydrazine groups is 1. The van der Waals surface area contributed by atoms with Crippen molar-refractivity contribution in [3.05, 3.63) is 12.3 Å². The van der Waals surface area contributed by atoms with Crippen LogP contribution >= 0.6 is 35.5 Å². The molecule has 21 nitrogen and oxygen atoms in total. The van der Waals surface area contributed by atoms with E-state index in [1.165, 1.54) is 68.6 Å². The van der Waals surface area contributed by atoms with Crippen LogP contribution in [0.2, 0.25) is 0 Å². The lowest BCUT2D eigenvalue weighted by molar-refractivity contribution is -0.0963. The summed E-state index contributed by atoms with van der Waals surface area (Å²) in [5, 5.41) is 12.7. The molecule has 0 aromatic rings. The van der Waals surface area contributed by atoms with Crippen LogP contribution in [-0.4, -0.2) is 197 Å². The Labute approximate surface area is 729 Å². The molecule has 1 fully saturated rings. The van der Waals surface area contributed by atoms with Crippen LogP contribution in [0.15, 0.2) is 61.9 Å². The van der Waals surface area contributed by atoms with Crippen molar-refractivity contribution in [3.63, 3.8) is 0 Å². The zero-order valence-electron chi connectivity index (χ0n) is 86.0. The second-order valence-electron chi connectivity index (χ2n) is 12.8. The summed E-state index contributed by atoms with van der Waals surface area (Å²) in [6.45, 7) is 112. The number of hydrogen-bond acceptors (Lipinski definition) is 24. The molecule has 24 heteroatoms. The lowest BCUT2D eigenvalue weighted by Gasteiger charge is -2.09. The van der Waals surface area contributed by atoms with E-state index in [1.807, 2.05) is 368 Å². The van der Waals surface area contributed by atoms with Gasteiger partial charge in [-0.25, -0.2) is 9.82 Å². The molecule has 0 bridgehead atoms. The van der Waals surface area contributed by atoms with Crippen LogP contribution in [0, 0.1) is 0 Å². The van der Waals surface area contributed by atoms with Gasteiger partial charge in [-0.1, -0.05) is 349 Å². The fourth-order valence-corrected chi connectivity index (χ4v) is 5.75. The summed E-state index contributed by atoms with van der Waals surface area (Å²) in [5.41, 5.74) is 9.49. The van der Waals surface area contributed by atoms with Gasteiger partial charge >= 0.3 is 0 Å². The van der Waals surface area contributed by atoms with Gasteiger partial charge in [0, 0.05) is 101 Å². The zero-order valence-corrected chi connectivity index (χ0v) is 88.4. The highest BCUT2D eigenvalue weighted by Gasteiger charge is 1.95. The molecule has 0 radical (unpaired) electrons. The Morgan fingerprint density at radius 2 is 0.726 bits per heavy atom. The van der Waals surface area contributed by atoms with Gasteiger partial charge in [-0.3, -0.25) is 34.9 Å². The number of oxime groups is 2. The first-order valence-corrected chi connectivity index (χ1v) is 49.2. The first-order valence-electron chi connectivity index (χ1n) is 46.1. The maximum absolute atomic E-state index is 4.85. The average Bonchev–Trinajstić information content (AvgIpc) is 2.81. The molecule has 4 N–H and O–H groups in total. The second kappa shape index (κ2) is 333. The summed E-state index contributed by atoms with van der Waals surface area (Å²) < 4.78 is 27.7. The van der Waals surface area contributed by atoms with E-state index in [1.54, 1.807) is 54.4 Å². The Morgan fingerprint density at radius 3 is 0.832 bits per heavy atom. The van der Waals surface area contributed by atoms with E-state index in [0.29, 0.717) is 20.0 Å². The molecule has 0 unspecified atom stereocenters. The standard InChI is InChI=1S/C4H8N2.C4H7NO.C4H7NS.C4H7N.C4H8O2.2C3H6N2.C3H5NO2.2C3H5NO.2C3H5NS.24C2H6/c3*1-2-5-4-6-3-1;1-2-4-5-3-1;1-2-5-4-6-3-1;1-2-5-3-4-1;1-2-4-5-3-1;1-2-6-4-3-5-1;1-2-5-3-4-1;1-2-4-5-3-1;1-2-5-3-4-1;1-2-4-5-3-1;24*1-2/h4H,1-3H2,(H,5,6);2*4H,1-3H2;3H,1-2,4H2;1-4H2;3H,1-2H2,(H,4,5);1-2,4-5H,3H2;3H,1-2H2;3H,1-2H2;2H,1,3H2;3H,1-2H2;2H,1,3H2;24*1-2H3. The van der Waals surface area contributed by atoms with E-state index in [9.17, 15) is 0 Å². The minimum Gasteiger partial charge on any atom is -0.483 e. The van der Waals surface area contributed by atoms with Gasteiger partial charge in [-0.2, -0.15) is 0 Å². The van der Waals surface area contributed by atoms with E-state index in [0.717, 1.165) is 118 Å². The van der Waals surface area contributed by atoms with Crippen molar-refractivity contribution in [3.8, 4) is 0 Å². The summed E-state index contributed by atoms with van der Waals surface area (Å²) in [6, 6.07) is 0. The van der Waals surface area contributed by atoms with E-state index >= 15 is 0 Å². The highest BCUT2D eigenvalue weighted by molar-refractivity contribution is 8.12. The van der Waals surface area contributed by atoms with Gasteiger partial charge in [0.05, 0.1) is 56.7 Å². The molecule has 1 saturated heterocycles. The number of nitrogens with zero attached hydrogens (tertiary/aromatic N) is 10. The summed E-state index contributed by atoms with van der Waals surface area (Å²) >= 11 is 5.23. The predicted octanol–water partition coefficient (Wildman–Crippen LogP) is 29.0. The normalized spacial score (nSPS) is 13.0. The molecular formula is C89H218N14O7S3. The lowest BCUT2D eigenvalue weighted by Crippen LogP contribution is -2.19. The molecule has 0 aromatic heterocycles. The van der Waals surface area contributed by atoms with E-state index < -0.39 is 0 Å². The monoisotopic (exact) mass is 1690 g/mol. The van der Waals surface area contributed by atoms with Crippen LogP contribution in [0.1, 0.15) is 384 Å². The first-order chi connectivity index (χ1) is 56.5. The van der Waals surface area contributed by atoms with Crippen molar-refractivity contribution in [1.29, 1.82) is 0 Å². The topological polar surface area (TPSA) is 236 Å². The Balaban J connectivity index is -0.0000000332. The average molecular weight is 1690 g/mol. The Kier molecular flexibility index (Phi) is 518. The molecule has 113 heavy (non-hydrogen) atoms. The number of hydrogen-bond donors (Lipinski definition) is 4. The van der Waals surface area contributed by atoms with Crippen molar-refractivity contribution in [2.45, 2.75) is 384 Å². The van der Waals surface area contributed by atoms with Gasteiger partial charge in [0.1, 0.15) is 26.6 Å². The van der Waals surface area contributed by atoms with Crippen LogP contribution in [-0.2, 0) is 33.4 Å². The molecule has 0 atom stereocenters. The lowest BCUT2D eigenvalue weighted by atomic mass is 10.4. The van der Waals surface area contributed by atoms with E-state index in [4.69, 9.17) is 14.2 Å². The third-order valence-corrected chi connectivity index (χ3v) is 9.46. The molecule has 12 heterocycles. The molecule has 12 aliphatic rings. The van der Waals surface area contributed by atoms with Gasteiger partial charge in [0.15, 0.2) is 19.4 Å². The molecule has 0 saturated carbocycles. The Bertz CT molecular complexity index is 1050. The van der Waals surface area contributed by atoms with Gasteiger partial charge in [0.25, 0.3) is 0 Å². The number of aliphatic imine (C=N–C) groups is 7. The van der Waals surface area contributed by atoms with Crippen molar-refractivity contribution in [2.75, 3.05) is 136 Å². The fraction of sp³-hybridized carbons (Fsp3) is 0.865. The van der Waals surface area contributed by atoms with Crippen molar-refractivity contribution >= 4 is 97.1 Å². The van der Waals surface area contributed by atoms with Crippen molar-refractivity contribution in [1.82, 2.24) is 21.5 Å². The number of nitrogens with one attached hydrogen (secondary N) is 4. The van der Waals surface area contributed by atoms with Gasteiger partial charge in [0.2, 0.25) is 6.40 Å². The SMILES string of the molecule is C1=CNNC1.C1=NCCC1.C1=NCCCN1.C1=NCCCO1.C1=NCCCS1.C1=NCCN1.C1=NCCO1.C1=NCCS1.C1=NOCC1.C1=NOCCO1.C1=NSCC1.C1COCOC1.CC.CC.CC.CC.CC.CC.CC.CC.CC.CC.CC.CC.CC.CC.CC.CC.CC.CC.CC.CC.CC.CC.CC.CC. The molecule has 704 valence electrons. The molecule has 0 aliphatic carbocycles. The van der Waals surface area contributed by atoms with Crippen LogP contribution in [0.5, 0.6) is 0 Å². The predicted molar refractivity (Wildman–Crippen MR) is 548 cm³/mol.